The normalized spacial score (nSPS) is 13.9. The third-order valence-corrected chi connectivity index (χ3v) is 1.95. The lowest BCUT2D eigenvalue weighted by Crippen LogP contribution is -2.40. The molecule has 0 radical (unpaired) electrons. The minimum atomic E-state index is -0.629. The van der Waals surface area contributed by atoms with Gasteiger partial charge in [-0.3, -0.25) is 0 Å². The van der Waals surface area contributed by atoms with Gasteiger partial charge in [0.25, 0.3) is 0 Å². The topological polar surface area (TPSA) is 86.7 Å². The summed E-state index contributed by atoms with van der Waals surface area (Å²) in [4.78, 5) is 14.3. The molecular weight excluding hydrogens is 234 g/mol. The molecule has 0 aliphatic heterocycles. The maximum Gasteiger partial charge on any atom is 0.408 e. The first-order valence-corrected chi connectivity index (χ1v) is 5.88. The number of diazo groups is 1. The summed E-state index contributed by atoms with van der Waals surface area (Å²) in [6.07, 6.45) is 0.785. The monoisotopic (exact) mass is 256 g/mol. The van der Waals surface area contributed by atoms with Gasteiger partial charge >= 0.3 is 12.3 Å². The van der Waals surface area contributed by atoms with Crippen LogP contribution in [-0.4, -0.2) is 22.8 Å². The van der Waals surface area contributed by atoms with Crippen molar-refractivity contribution in [1.82, 2.24) is 5.32 Å². The smallest absolute Gasteiger partial charge is 0.408 e. The van der Waals surface area contributed by atoms with Gasteiger partial charge in [-0.1, -0.05) is 13.8 Å². The van der Waals surface area contributed by atoms with Crippen molar-refractivity contribution in [2.45, 2.75) is 52.7 Å². The fraction of sp³-hybridized carbons (Fsp3) is 0.750. The van der Waals surface area contributed by atoms with Crippen LogP contribution in [0.3, 0.4) is 0 Å². The van der Waals surface area contributed by atoms with Crippen molar-refractivity contribution in [3.05, 3.63) is 16.9 Å². The number of rotatable bonds is 4. The summed E-state index contributed by atoms with van der Waals surface area (Å²) in [5, 5.41) is 20.6. The summed E-state index contributed by atoms with van der Waals surface area (Å²) >= 11 is 0. The summed E-state index contributed by atoms with van der Waals surface area (Å²) in [5.41, 5.74) is -0.604. The number of aliphatic hydroxyl groups excluding tert-OH is 1. The van der Waals surface area contributed by atoms with Crippen LogP contribution in [-0.2, 0) is 4.74 Å². The highest BCUT2D eigenvalue weighted by molar-refractivity contribution is 5.68. The van der Waals surface area contributed by atoms with Crippen LogP contribution in [0.2, 0.25) is 0 Å². The molecule has 2 N–H and O–H groups in total. The van der Waals surface area contributed by atoms with E-state index in [-0.39, 0.29) is 11.7 Å². The van der Waals surface area contributed by atoms with E-state index in [4.69, 9.17) is 10.1 Å². The first kappa shape index (κ1) is 16.2. The maximum absolute atomic E-state index is 11.6. The van der Waals surface area contributed by atoms with Crippen molar-refractivity contribution in [3.8, 4) is 0 Å². The quantitative estimate of drug-likeness (QED) is 0.597. The summed E-state index contributed by atoms with van der Waals surface area (Å²) in [5.74, 6) is 0.0382. The van der Waals surface area contributed by atoms with Gasteiger partial charge in [0.05, 0.1) is 6.04 Å². The molecule has 1 atom stereocenters. The number of nitrogens with zero attached hydrogens (tertiary/aromatic N) is 2. The summed E-state index contributed by atoms with van der Waals surface area (Å²) in [6, 6.07) is -0.629. The second kappa shape index (κ2) is 6.84. The van der Waals surface area contributed by atoms with Gasteiger partial charge in [-0.05, 0) is 33.1 Å². The Hall–Kier alpha value is -1.77. The second-order valence-corrected chi connectivity index (χ2v) is 5.50. The average molecular weight is 256 g/mol. The maximum atomic E-state index is 11.6. The number of hydrogen-bond donors (Lipinski definition) is 2. The third kappa shape index (κ3) is 7.49. The number of nitrogens with one attached hydrogen (secondary N) is 1. The fourth-order valence-corrected chi connectivity index (χ4v) is 1.32. The van der Waals surface area contributed by atoms with Crippen LogP contribution in [0.4, 0.5) is 4.79 Å². The molecule has 18 heavy (non-hydrogen) atoms. The molecule has 0 spiro atoms. The van der Waals surface area contributed by atoms with Gasteiger partial charge in [-0.2, -0.15) is 0 Å². The van der Waals surface area contributed by atoms with Crippen LogP contribution < -0.4 is 5.32 Å². The van der Waals surface area contributed by atoms with E-state index < -0.39 is 17.7 Å². The largest absolute Gasteiger partial charge is 0.504 e. The zero-order valence-corrected chi connectivity index (χ0v) is 11.6. The Kier molecular flexibility index (Phi) is 6.17. The Morgan fingerprint density at radius 2 is 2.06 bits per heavy atom. The number of ether oxygens (including phenoxy) is 1. The molecular formula is C12H22N3O3+. The number of carbonyl (C=O) groups is 1. The van der Waals surface area contributed by atoms with E-state index in [1.54, 1.807) is 20.8 Å². The zero-order chi connectivity index (χ0) is 14.3. The SMILES string of the molecule is CC(C)CC(NC(=O)OC(C)(C)C)/C(O)=C\[N+]#N. The van der Waals surface area contributed by atoms with Crippen LogP contribution in [0.25, 0.3) is 4.98 Å². The molecule has 1 unspecified atom stereocenters. The molecule has 1 amide bonds. The minimum absolute atomic E-state index is 0.211. The van der Waals surface area contributed by atoms with Crippen molar-refractivity contribution < 1.29 is 14.6 Å². The molecule has 0 aliphatic carbocycles. The molecule has 0 rings (SSSR count). The van der Waals surface area contributed by atoms with E-state index in [1.807, 2.05) is 13.8 Å². The lowest BCUT2D eigenvalue weighted by Gasteiger charge is -2.23. The number of hydrogen-bond acceptors (Lipinski definition) is 4. The van der Waals surface area contributed by atoms with Gasteiger partial charge in [-0.25, -0.2) is 4.79 Å². The molecule has 6 nitrogen and oxygen atoms in total. The van der Waals surface area contributed by atoms with Crippen molar-refractivity contribution in [2.24, 2.45) is 5.92 Å². The van der Waals surface area contributed by atoms with Crippen LogP contribution in [0.15, 0.2) is 12.0 Å². The standard InChI is InChI=1S/C12H21N3O3/c1-8(2)6-9(10(16)7-14-13)15-11(17)18-12(3,4)5/h7-9H,6H2,1-5H3,(H-,15,16,17)/p+1/b10-7+. The predicted octanol–water partition coefficient (Wildman–Crippen LogP) is 3.18. The van der Waals surface area contributed by atoms with Gasteiger partial charge in [-0.15, -0.1) is 0 Å². The second-order valence-electron chi connectivity index (χ2n) is 5.50. The van der Waals surface area contributed by atoms with E-state index in [0.29, 0.717) is 6.42 Å². The number of carbonyl (C=O) groups excluding carboxylic acids is 1. The van der Waals surface area contributed by atoms with Gasteiger partial charge in [0.1, 0.15) is 5.60 Å². The molecule has 0 saturated heterocycles. The van der Waals surface area contributed by atoms with Crippen molar-refractivity contribution in [2.75, 3.05) is 0 Å². The lowest BCUT2D eigenvalue weighted by molar-refractivity contribution is 0.0495. The van der Waals surface area contributed by atoms with Gasteiger partial charge in [0, 0.05) is 0 Å². The van der Waals surface area contributed by atoms with Crippen LogP contribution in [0.1, 0.15) is 41.0 Å². The number of aliphatic hydroxyl groups is 1. The first-order valence-electron chi connectivity index (χ1n) is 5.88. The van der Waals surface area contributed by atoms with Gasteiger partial charge in [0.15, 0.2) is 4.98 Å². The van der Waals surface area contributed by atoms with E-state index in [0.717, 1.165) is 6.20 Å². The van der Waals surface area contributed by atoms with Crippen LogP contribution in [0.5, 0.6) is 0 Å². The van der Waals surface area contributed by atoms with Crippen LogP contribution >= 0.6 is 0 Å². The molecule has 0 fully saturated rings. The summed E-state index contributed by atoms with van der Waals surface area (Å²) in [7, 11) is 0. The molecule has 0 aromatic rings. The Morgan fingerprint density at radius 3 is 2.44 bits per heavy atom. The molecule has 0 aliphatic rings. The number of alkyl carbamates (subject to hydrolysis) is 1. The van der Waals surface area contributed by atoms with Crippen LogP contribution in [0, 0.1) is 11.3 Å². The van der Waals surface area contributed by atoms with Crippen molar-refractivity contribution in [3.63, 3.8) is 0 Å². The molecule has 0 bridgehead atoms. The van der Waals surface area contributed by atoms with Gasteiger partial charge < -0.3 is 15.2 Å². The number of amides is 1. The van der Waals surface area contributed by atoms with Gasteiger partial charge in [0.2, 0.25) is 11.2 Å². The summed E-state index contributed by atoms with van der Waals surface area (Å²) in [6.45, 7) is 9.16. The van der Waals surface area contributed by atoms with E-state index in [9.17, 15) is 9.90 Å². The molecule has 0 aromatic heterocycles. The Labute approximate surface area is 108 Å². The predicted molar refractivity (Wildman–Crippen MR) is 68.4 cm³/mol. The molecule has 0 aromatic carbocycles. The van der Waals surface area contributed by atoms with E-state index in [1.165, 1.54) is 0 Å². The molecule has 0 heterocycles. The van der Waals surface area contributed by atoms with Crippen molar-refractivity contribution >= 4 is 6.09 Å². The van der Waals surface area contributed by atoms with E-state index in [2.05, 4.69) is 10.3 Å². The fourth-order valence-electron chi connectivity index (χ4n) is 1.32. The molecule has 0 saturated carbocycles. The molecule has 6 heteroatoms. The minimum Gasteiger partial charge on any atom is -0.504 e. The zero-order valence-electron chi connectivity index (χ0n) is 11.6. The Morgan fingerprint density at radius 1 is 1.50 bits per heavy atom. The highest BCUT2D eigenvalue weighted by atomic mass is 16.6. The molecule has 102 valence electrons. The Bertz CT molecular complexity index is 351. The lowest BCUT2D eigenvalue weighted by atomic mass is 10.0. The first-order chi connectivity index (χ1) is 8.15. The highest BCUT2D eigenvalue weighted by Crippen LogP contribution is 2.13. The third-order valence-electron chi connectivity index (χ3n) is 1.95. The highest BCUT2D eigenvalue weighted by Gasteiger charge is 2.24. The van der Waals surface area contributed by atoms with Crippen molar-refractivity contribution in [1.29, 1.82) is 5.39 Å². The van der Waals surface area contributed by atoms with E-state index >= 15 is 0 Å². The summed E-state index contributed by atoms with van der Waals surface area (Å²) < 4.78 is 5.10. The Balaban J connectivity index is 4.66. The average Bonchev–Trinajstić information content (AvgIpc) is 2.13.